The molecule has 1 aliphatic rings. The van der Waals surface area contributed by atoms with Gasteiger partial charge in [-0.05, 0) is 41.2 Å². The lowest BCUT2D eigenvalue weighted by atomic mass is 10.2. The van der Waals surface area contributed by atoms with Crippen molar-refractivity contribution in [1.29, 1.82) is 0 Å². The molecule has 1 aromatic rings. The summed E-state index contributed by atoms with van der Waals surface area (Å²) in [7, 11) is 2.08. The molecule has 0 atom stereocenters. The summed E-state index contributed by atoms with van der Waals surface area (Å²) in [4.78, 5) is 14.3. The molecular weight excluding hydrogens is 318 g/mol. The van der Waals surface area contributed by atoms with Crippen LogP contribution in [0.15, 0.2) is 22.7 Å². The standard InChI is InChI=1S/C12H15BrClN3O/c1-16-4-6-17(7-5-16)15-12(18)10-3-2-9(14)8-11(10)13/h2-3,8H,4-7H2,1H3,(H,15,18). The molecule has 1 fully saturated rings. The molecule has 0 radical (unpaired) electrons. The molecule has 18 heavy (non-hydrogen) atoms. The third kappa shape index (κ3) is 3.45. The molecule has 0 bridgehead atoms. The number of halogens is 2. The van der Waals surface area contributed by atoms with Crippen molar-refractivity contribution in [3.8, 4) is 0 Å². The fourth-order valence-corrected chi connectivity index (χ4v) is 2.66. The Balaban J connectivity index is 1.99. The Morgan fingerprint density at radius 1 is 1.33 bits per heavy atom. The van der Waals surface area contributed by atoms with Gasteiger partial charge >= 0.3 is 0 Å². The number of carbonyl (C=O) groups excluding carboxylic acids is 1. The largest absolute Gasteiger partial charge is 0.304 e. The summed E-state index contributed by atoms with van der Waals surface area (Å²) in [6, 6.07) is 5.16. The van der Waals surface area contributed by atoms with Crippen molar-refractivity contribution in [3.63, 3.8) is 0 Å². The van der Waals surface area contributed by atoms with Crippen LogP contribution in [0.4, 0.5) is 0 Å². The summed E-state index contributed by atoms with van der Waals surface area (Å²) in [6.07, 6.45) is 0. The van der Waals surface area contributed by atoms with E-state index in [-0.39, 0.29) is 5.91 Å². The lowest BCUT2D eigenvalue weighted by Gasteiger charge is -2.32. The fourth-order valence-electron chi connectivity index (χ4n) is 1.80. The zero-order chi connectivity index (χ0) is 13.1. The Hall–Kier alpha value is -0.620. The first kappa shape index (κ1) is 13.8. The first-order valence-corrected chi connectivity index (χ1v) is 6.93. The van der Waals surface area contributed by atoms with Gasteiger partial charge in [0.25, 0.3) is 5.91 Å². The number of amides is 1. The average Bonchev–Trinajstić information content (AvgIpc) is 2.32. The second kappa shape index (κ2) is 6.02. The fraction of sp³-hybridized carbons (Fsp3) is 0.417. The van der Waals surface area contributed by atoms with Gasteiger partial charge in [0.2, 0.25) is 0 Å². The van der Waals surface area contributed by atoms with E-state index in [0.717, 1.165) is 26.2 Å². The smallest absolute Gasteiger partial charge is 0.266 e. The number of likely N-dealkylation sites (N-methyl/N-ethyl adjacent to an activating group) is 1. The summed E-state index contributed by atoms with van der Waals surface area (Å²) in [6.45, 7) is 3.60. The van der Waals surface area contributed by atoms with Crippen LogP contribution in [-0.2, 0) is 0 Å². The normalized spacial score (nSPS) is 17.7. The van der Waals surface area contributed by atoms with E-state index < -0.39 is 0 Å². The van der Waals surface area contributed by atoms with E-state index in [2.05, 4.69) is 33.3 Å². The Kier molecular flexibility index (Phi) is 4.61. The molecule has 98 valence electrons. The summed E-state index contributed by atoms with van der Waals surface area (Å²) in [5.74, 6) is -0.108. The van der Waals surface area contributed by atoms with E-state index in [4.69, 9.17) is 11.6 Å². The van der Waals surface area contributed by atoms with Crippen molar-refractivity contribution in [3.05, 3.63) is 33.3 Å². The van der Waals surface area contributed by atoms with Gasteiger partial charge in [-0.25, -0.2) is 5.01 Å². The summed E-state index contributed by atoms with van der Waals surface area (Å²) < 4.78 is 0.710. The highest BCUT2D eigenvalue weighted by Gasteiger charge is 2.17. The zero-order valence-corrected chi connectivity index (χ0v) is 12.5. The number of benzene rings is 1. The van der Waals surface area contributed by atoms with Crippen LogP contribution in [0, 0.1) is 0 Å². The van der Waals surface area contributed by atoms with Gasteiger partial charge in [-0.15, -0.1) is 0 Å². The van der Waals surface area contributed by atoms with Crippen molar-refractivity contribution < 1.29 is 4.79 Å². The van der Waals surface area contributed by atoms with Crippen LogP contribution in [0.2, 0.25) is 5.02 Å². The highest BCUT2D eigenvalue weighted by atomic mass is 79.9. The molecule has 4 nitrogen and oxygen atoms in total. The van der Waals surface area contributed by atoms with Gasteiger partial charge in [0, 0.05) is 35.7 Å². The maximum atomic E-state index is 12.1. The molecule has 0 aliphatic carbocycles. The first-order valence-electron chi connectivity index (χ1n) is 5.76. The molecule has 1 N–H and O–H groups in total. The molecule has 1 aromatic carbocycles. The quantitative estimate of drug-likeness (QED) is 0.900. The molecule has 0 saturated carbocycles. The van der Waals surface area contributed by atoms with E-state index in [1.54, 1.807) is 18.2 Å². The number of nitrogens with zero attached hydrogens (tertiary/aromatic N) is 2. The van der Waals surface area contributed by atoms with Crippen LogP contribution in [0.5, 0.6) is 0 Å². The van der Waals surface area contributed by atoms with E-state index in [1.807, 2.05) is 5.01 Å². The van der Waals surface area contributed by atoms with Crippen molar-refractivity contribution >= 4 is 33.4 Å². The second-order valence-electron chi connectivity index (χ2n) is 4.36. The highest BCUT2D eigenvalue weighted by molar-refractivity contribution is 9.10. The van der Waals surface area contributed by atoms with E-state index in [9.17, 15) is 4.79 Å². The van der Waals surface area contributed by atoms with Crippen molar-refractivity contribution in [1.82, 2.24) is 15.3 Å². The number of piperazine rings is 1. The molecule has 0 aromatic heterocycles. The molecule has 0 spiro atoms. The first-order chi connectivity index (χ1) is 8.56. The Morgan fingerprint density at radius 2 is 2.00 bits per heavy atom. The number of hydrogen-bond acceptors (Lipinski definition) is 3. The van der Waals surface area contributed by atoms with Crippen LogP contribution in [0.25, 0.3) is 0 Å². The van der Waals surface area contributed by atoms with Gasteiger partial charge in [-0.2, -0.15) is 0 Å². The summed E-state index contributed by atoms with van der Waals surface area (Å²) >= 11 is 9.20. The molecule has 1 heterocycles. The number of hydrogen-bond donors (Lipinski definition) is 1. The van der Waals surface area contributed by atoms with Crippen molar-refractivity contribution in [2.45, 2.75) is 0 Å². The minimum atomic E-state index is -0.108. The zero-order valence-electron chi connectivity index (χ0n) is 10.1. The van der Waals surface area contributed by atoms with Crippen LogP contribution < -0.4 is 5.43 Å². The van der Waals surface area contributed by atoms with E-state index in [1.165, 1.54) is 0 Å². The molecule has 1 aliphatic heterocycles. The maximum absolute atomic E-state index is 12.1. The Morgan fingerprint density at radius 3 is 2.61 bits per heavy atom. The van der Waals surface area contributed by atoms with Crippen LogP contribution in [0.1, 0.15) is 10.4 Å². The van der Waals surface area contributed by atoms with Crippen molar-refractivity contribution in [2.75, 3.05) is 33.2 Å². The van der Waals surface area contributed by atoms with Gasteiger partial charge in [0.05, 0.1) is 5.56 Å². The number of nitrogens with one attached hydrogen (secondary N) is 1. The minimum Gasteiger partial charge on any atom is -0.304 e. The summed E-state index contributed by atoms with van der Waals surface area (Å²) in [5, 5.41) is 2.56. The lowest BCUT2D eigenvalue weighted by molar-refractivity contribution is 0.0662. The molecule has 1 amide bonds. The molecule has 0 unspecified atom stereocenters. The summed E-state index contributed by atoms with van der Waals surface area (Å²) in [5.41, 5.74) is 3.51. The average molecular weight is 333 g/mol. The molecule has 6 heteroatoms. The number of hydrazine groups is 1. The third-order valence-electron chi connectivity index (χ3n) is 2.94. The topological polar surface area (TPSA) is 35.6 Å². The number of carbonyl (C=O) groups is 1. The Bertz CT molecular complexity index is 447. The Labute approximate surface area is 120 Å². The van der Waals surface area contributed by atoms with E-state index in [0.29, 0.717) is 15.1 Å². The predicted molar refractivity (Wildman–Crippen MR) is 75.7 cm³/mol. The van der Waals surface area contributed by atoms with Crippen LogP contribution in [0.3, 0.4) is 0 Å². The van der Waals surface area contributed by atoms with Gasteiger partial charge in [0.15, 0.2) is 0 Å². The van der Waals surface area contributed by atoms with E-state index >= 15 is 0 Å². The van der Waals surface area contributed by atoms with Crippen LogP contribution in [-0.4, -0.2) is 49.0 Å². The highest BCUT2D eigenvalue weighted by Crippen LogP contribution is 2.21. The molecule has 2 rings (SSSR count). The van der Waals surface area contributed by atoms with Gasteiger partial charge in [-0.3, -0.25) is 10.2 Å². The lowest BCUT2D eigenvalue weighted by Crippen LogP contribution is -2.52. The van der Waals surface area contributed by atoms with Gasteiger partial charge in [0.1, 0.15) is 0 Å². The monoisotopic (exact) mass is 331 g/mol. The third-order valence-corrected chi connectivity index (χ3v) is 3.83. The molecule has 1 saturated heterocycles. The second-order valence-corrected chi connectivity index (χ2v) is 5.65. The number of rotatable bonds is 2. The predicted octanol–water partition coefficient (Wildman–Crippen LogP) is 1.99. The van der Waals surface area contributed by atoms with Gasteiger partial charge < -0.3 is 4.90 Å². The minimum absolute atomic E-state index is 0.108. The van der Waals surface area contributed by atoms with Crippen molar-refractivity contribution in [2.24, 2.45) is 0 Å². The van der Waals surface area contributed by atoms with Gasteiger partial charge in [-0.1, -0.05) is 11.6 Å². The maximum Gasteiger partial charge on any atom is 0.266 e. The van der Waals surface area contributed by atoms with Crippen LogP contribution >= 0.6 is 27.5 Å². The SMILES string of the molecule is CN1CCN(NC(=O)c2ccc(Cl)cc2Br)CC1. The molecular formula is C12H15BrClN3O.